The van der Waals surface area contributed by atoms with Crippen molar-refractivity contribution < 1.29 is 14.5 Å². The third kappa shape index (κ3) is 1.39. The normalized spacial score (nSPS) is 9.42. The SMILES string of the molecule is COc1n[n+]([O-])ccc1[N+](=O)[O-]. The predicted molar refractivity (Wildman–Crippen MR) is 36.4 cm³/mol. The highest BCUT2D eigenvalue weighted by Gasteiger charge is 2.19. The van der Waals surface area contributed by atoms with E-state index < -0.39 is 4.92 Å². The number of nitrogens with zero attached hydrogens (tertiary/aromatic N) is 3. The minimum absolute atomic E-state index is 0.186. The van der Waals surface area contributed by atoms with Crippen LogP contribution in [-0.2, 0) is 0 Å². The number of nitro groups is 1. The van der Waals surface area contributed by atoms with Crippen LogP contribution in [0.1, 0.15) is 0 Å². The summed E-state index contributed by atoms with van der Waals surface area (Å²) in [6.07, 6.45) is 0.931. The van der Waals surface area contributed by atoms with Gasteiger partial charge in [-0.2, -0.15) is 0 Å². The minimum Gasteiger partial charge on any atom is -0.594 e. The molecule has 0 aliphatic heterocycles. The van der Waals surface area contributed by atoms with Gasteiger partial charge in [-0.3, -0.25) is 10.1 Å². The monoisotopic (exact) mass is 171 g/mol. The third-order valence-electron chi connectivity index (χ3n) is 1.16. The molecule has 0 saturated heterocycles. The quantitative estimate of drug-likeness (QED) is 0.262. The molecule has 7 nitrogen and oxygen atoms in total. The van der Waals surface area contributed by atoms with Gasteiger partial charge in [0, 0.05) is 0 Å². The van der Waals surface area contributed by atoms with Crippen molar-refractivity contribution in [1.82, 2.24) is 5.10 Å². The Balaban J connectivity index is 3.20. The van der Waals surface area contributed by atoms with Crippen LogP contribution in [0, 0.1) is 15.3 Å². The van der Waals surface area contributed by atoms with E-state index in [0.29, 0.717) is 0 Å². The molecule has 1 aromatic rings. The van der Waals surface area contributed by atoms with Crippen LogP contribution >= 0.6 is 0 Å². The van der Waals surface area contributed by atoms with Gasteiger partial charge in [-0.05, 0) is 0 Å². The molecule has 1 heterocycles. The Hall–Kier alpha value is -1.92. The van der Waals surface area contributed by atoms with Gasteiger partial charge >= 0.3 is 11.6 Å². The van der Waals surface area contributed by atoms with Gasteiger partial charge < -0.3 is 9.94 Å². The van der Waals surface area contributed by atoms with Crippen LogP contribution in [0.25, 0.3) is 0 Å². The smallest absolute Gasteiger partial charge is 0.359 e. The van der Waals surface area contributed by atoms with Crippen molar-refractivity contribution in [2.75, 3.05) is 7.11 Å². The van der Waals surface area contributed by atoms with Crippen LogP contribution in [0.3, 0.4) is 0 Å². The van der Waals surface area contributed by atoms with E-state index >= 15 is 0 Å². The number of methoxy groups -OCH3 is 1. The highest BCUT2D eigenvalue weighted by molar-refractivity contribution is 5.37. The average molecular weight is 171 g/mol. The molecular weight excluding hydrogens is 166 g/mol. The summed E-state index contributed by atoms with van der Waals surface area (Å²) >= 11 is 0. The molecule has 0 aromatic carbocycles. The molecule has 64 valence electrons. The van der Waals surface area contributed by atoms with E-state index in [0.717, 1.165) is 12.3 Å². The molecule has 12 heavy (non-hydrogen) atoms. The zero-order valence-corrected chi connectivity index (χ0v) is 6.13. The Morgan fingerprint density at radius 1 is 1.75 bits per heavy atom. The van der Waals surface area contributed by atoms with Crippen LogP contribution in [0.2, 0.25) is 0 Å². The molecule has 0 amide bonds. The number of hydrogen-bond acceptors (Lipinski definition) is 5. The second-order valence-electron chi connectivity index (χ2n) is 1.87. The lowest BCUT2D eigenvalue weighted by Gasteiger charge is -1.97. The zero-order valence-electron chi connectivity index (χ0n) is 6.13. The van der Waals surface area contributed by atoms with Crippen LogP contribution in [-0.4, -0.2) is 17.1 Å². The molecule has 0 N–H and O–H groups in total. The topological polar surface area (TPSA) is 92.2 Å². The van der Waals surface area contributed by atoms with Gasteiger partial charge in [0.05, 0.1) is 23.2 Å². The van der Waals surface area contributed by atoms with Gasteiger partial charge in [-0.1, -0.05) is 4.85 Å². The van der Waals surface area contributed by atoms with Crippen LogP contribution in [0.5, 0.6) is 5.88 Å². The molecule has 0 radical (unpaired) electrons. The Bertz CT molecular complexity index is 314. The standard InChI is InChI=1S/C5H5N3O4/c1-12-5-4(8(10)11)2-3-7(9)6-5/h2-3H,1H3. The van der Waals surface area contributed by atoms with E-state index in [4.69, 9.17) is 0 Å². The fourth-order valence-corrected chi connectivity index (χ4v) is 0.664. The highest BCUT2D eigenvalue weighted by atomic mass is 16.6. The largest absolute Gasteiger partial charge is 0.594 e. The van der Waals surface area contributed by atoms with Crippen molar-refractivity contribution in [1.29, 1.82) is 0 Å². The molecule has 0 unspecified atom stereocenters. The van der Waals surface area contributed by atoms with Crippen molar-refractivity contribution >= 4 is 5.69 Å². The van der Waals surface area contributed by atoms with E-state index in [1.165, 1.54) is 7.11 Å². The van der Waals surface area contributed by atoms with E-state index in [-0.39, 0.29) is 16.4 Å². The van der Waals surface area contributed by atoms with Crippen molar-refractivity contribution in [3.05, 3.63) is 27.6 Å². The number of rotatable bonds is 2. The summed E-state index contributed by atoms with van der Waals surface area (Å²) in [6.45, 7) is 0. The first-order valence-electron chi connectivity index (χ1n) is 2.94. The molecule has 0 fully saturated rings. The van der Waals surface area contributed by atoms with Gasteiger partial charge in [0.2, 0.25) is 6.20 Å². The lowest BCUT2D eigenvalue weighted by molar-refractivity contribution is -0.670. The molecule has 7 heteroatoms. The fourth-order valence-electron chi connectivity index (χ4n) is 0.664. The van der Waals surface area contributed by atoms with Crippen LogP contribution in [0.4, 0.5) is 5.69 Å². The first-order chi connectivity index (χ1) is 5.65. The maximum atomic E-state index is 10.5. The Morgan fingerprint density at radius 3 is 2.92 bits per heavy atom. The molecule has 1 aromatic heterocycles. The minimum atomic E-state index is -0.675. The van der Waals surface area contributed by atoms with Crippen LogP contribution < -0.4 is 9.58 Å². The fraction of sp³-hybridized carbons (Fsp3) is 0.200. The summed E-state index contributed by atoms with van der Waals surface area (Å²) in [5.74, 6) is -0.294. The van der Waals surface area contributed by atoms with Crippen LogP contribution in [0.15, 0.2) is 12.3 Å². The average Bonchev–Trinajstić information content (AvgIpc) is 2.03. The highest BCUT2D eigenvalue weighted by Crippen LogP contribution is 2.20. The number of aromatic nitrogens is 2. The predicted octanol–water partition coefficient (Wildman–Crippen LogP) is -0.368. The summed E-state index contributed by atoms with van der Waals surface area (Å²) in [5, 5.41) is 24.0. The van der Waals surface area contributed by atoms with Crippen molar-refractivity contribution in [2.24, 2.45) is 0 Å². The Morgan fingerprint density at radius 2 is 2.42 bits per heavy atom. The Kier molecular flexibility index (Phi) is 2.04. The van der Waals surface area contributed by atoms with E-state index in [1.807, 2.05) is 0 Å². The summed E-state index contributed by atoms with van der Waals surface area (Å²) in [4.78, 5) is 9.78. The summed E-state index contributed by atoms with van der Waals surface area (Å²) in [7, 11) is 1.20. The molecule has 0 atom stereocenters. The van der Waals surface area contributed by atoms with Gasteiger partial charge in [0.15, 0.2) is 0 Å². The van der Waals surface area contributed by atoms with Gasteiger partial charge in [-0.25, -0.2) is 0 Å². The molecule has 1 rings (SSSR count). The maximum absolute atomic E-state index is 10.5. The third-order valence-corrected chi connectivity index (χ3v) is 1.16. The van der Waals surface area contributed by atoms with Gasteiger partial charge in [-0.15, -0.1) is 0 Å². The first-order valence-corrected chi connectivity index (χ1v) is 2.94. The summed E-state index contributed by atoms with van der Waals surface area (Å²) in [5.41, 5.74) is -0.329. The molecule has 0 aliphatic carbocycles. The lowest BCUT2D eigenvalue weighted by Crippen LogP contribution is -2.30. The molecular formula is C5H5N3O4. The molecule has 0 aliphatic rings. The summed E-state index contributed by atoms with van der Waals surface area (Å²) < 4.78 is 4.51. The molecule has 0 spiro atoms. The zero-order chi connectivity index (χ0) is 9.14. The molecule has 0 bridgehead atoms. The summed E-state index contributed by atoms with van der Waals surface area (Å²) in [6, 6.07) is 1.03. The number of ether oxygens (including phenoxy) is 1. The van der Waals surface area contributed by atoms with Crippen molar-refractivity contribution in [3.8, 4) is 5.88 Å². The maximum Gasteiger partial charge on any atom is 0.359 e. The second-order valence-corrected chi connectivity index (χ2v) is 1.87. The molecule has 0 saturated carbocycles. The lowest BCUT2D eigenvalue weighted by atomic mass is 10.5. The van der Waals surface area contributed by atoms with Gasteiger partial charge in [0.1, 0.15) is 0 Å². The van der Waals surface area contributed by atoms with E-state index in [1.54, 1.807) is 0 Å². The van der Waals surface area contributed by atoms with E-state index in [2.05, 4.69) is 9.84 Å². The first kappa shape index (κ1) is 8.18. The second kappa shape index (κ2) is 2.99. The Labute approximate surface area is 66.9 Å². The van der Waals surface area contributed by atoms with Gasteiger partial charge in [0.25, 0.3) is 0 Å². The van der Waals surface area contributed by atoms with Crippen molar-refractivity contribution in [2.45, 2.75) is 0 Å². The number of hydrogen-bond donors (Lipinski definition) is 0. The van der Waals surface area contributed by atoms with Crippen molar-refractivity contribution in [3.63, 3.8) is 0 Å². The van der Waals surface area contributed by atoms with E-state index in [9.17, 15) is 15.3 Å².